The van der Waals surface area contributed by atoms with Gasteiger partial charge in [0.15, 0.2) is 6.10 Å². The molecule has 0 N–H and O–H groups in total. The van der Waals surface area contributed by atoms with E-state index >= 15 is 0 Å². The first-order valence-electron chi connectivity index (χ1n) is 31.1. The fourth-order valence-electron chi connectivity index (χ4n) is 9.20. The maximum absolute atomic E-state index is 12.8. The van der Waals surface area contributed by atoms with E-state index in [0.717, 1.165) is 89.9 Å². The lowest BCUT2D eigenvalue weighted by atomic mass is 10.0. The van der Waals surface area contributed by atoms with Crippen molar-refractivity contribution in [1.82, 2.24) is 0 Å². The topological polar surface area (TPSA) is 78.9 Å². The van der Waals surface area contributed by atoms with Crippen LogP contribution in [0.15, 0.2) is 48.6 Å². The zero-order valence-electron chi connectivity index (χ0n) is 47.5. The van der Waals surface area contributed by atoms with E-state index in [0.29, 0.717) is 19.3 Å². The molecule has 71 heavy (non-hydrogen) atoms. The molecule has 0 heterocycles. The smallest absolute Gasteiger partial charge is 0.306 e. The van der Waals surface area contributed by atoms with Crippen LogP contribution in [-0.4, -0.2) is 37.2 Å². The Bertz CT molecular complexity index is 1230. The zero-order valence-corrected chi connectivity index (χ0v) is 47.5. The minimum Gasteiger partial charge on any atom is -0.462 e. The van der Waals surface area contributed by atoms with Gasteiger partial charge in [-0.15, -0.1) is 0 Å². The summed E-state index contributed by atoms with van der Waals surface area (Å²) in [5, 5.41) is 0. The summed E-state index contributed by atoms with van der Waals surface area (Å²) in [6.45, 7) is 6.49. The van der Waals surface area contributed by atoms with Gasteiger partial charge in [-0.05, 0) is 57.8 Å². The summed E-state index contributed by atoms with van der Waals surface area (Å²) in [4.78, 5) is 37.9. The van der Waals surface area contributed by atoms with Crippen molar-refractivity contribution in [2.24, 2.45) is 0 Å². The number of hydrogen-bond acceptors (Lipinski definition) is 6. The number of rotatable bonds is 57. The Morgan fingerprint density at radius 1 is 0.296 bits per heavy atom. The van der Waals surface area contributed by atoms with Crippen LogP contribution >= 0.6 is 0 Å². The highest BCUT2D eigenvalue weighted by Crippen LogP contribution is 2.18. The molecule has 0 radical (unpaired) electrons. The molecular formula is C65H118O6. The zero-order chi connectivity index (χ0) is 51.4. The van der Waals surface area contributed by atoms with Crippen LogP contribution in [0.1, 0.15) is 329 Å². The van der Waals surface area contributed by atoms with E-state index in [2.05, 4.69) is 69.4 Å². The van der Waals surface area contributed by atoms with Crippen molar-refractivity contribution < 1.29 is 28.6 Å². The second-order valence-electron chi connectivity index (χ2n) is 21.0. The van der Waals surface area contributed by atoms with Gasteiger partial charge < -0.3 is 14.2 Å². The molecule has 0 aliphatic rings. The van der Waals surface area contributed by atoms with Crippen molar-refractivity contribution in [3.63, 3.8) is 0 Å². The first-order chi connectivity index (χ1) is 35.0. The van der Waals surface area contributed by atoms with Gasteiger partial charge in [0, 0.05) is 19.3 Å². The van der Waals surface area contributed by atoms with Crippen molar-refractivity contribution in [1.29, 1.82) is 0 Å². The van der Waals surface area contributed by atoms with Crippen molar-refractivity contribution in [3.05, 3.63) is 48.6 Å². The highest BCUT2D eigenvalue weighted by molar-refractivity contribution is 5.71. The molecule has 0 aromatic heterocycles. The summed E-state index contributed by atoms with van der Waals surface area (Å²) < 4.78 is 16.8. The van der Waals surface area contributed by atoms with Crippen molar-refractivity contribution in [3.8, 4) is 0 Å². The largest absolute Gasteiger partial charge is 0.462 e. The van der Waals surface area contributed by atoms with E-state index < -0.39 is 6.10 Å². The van der Waals surface area contributed by atoms with Crippen molar-refractivity contribution in [2.45, 2.75) is 335 Å². The van der Waals surface area contributed by atoms with E-state index in [9.17, 15) is 14.4 Å². The molecule has 414 valence electrons. The van der Waals surface area contributed by atoms with E-state index in [1.54, 1.807) is 0 Å². The van der Waals surface area contributed by atoms with E-state index in [-0.39, 0.29) is 31.1 Å². The SMILES string of the molecule is CC/C=C\C/C=C\C/C=C\C/C=C\CCCCCCCCCCCCCCC(=O)OCC(COC(=O)CCCCCCC)OC(=O)CCCCCCCCCCCCCCCCCCCCCCCCC. The van der Waals surface area contributed by atoms with E-state index in [4.69, 9.17) is 14.2 Å². The van der Waals surface area contributed by atoms with Crippen LogP contribution in [0.3, 0.4) is 0 Å². The number of ether oxygens (including phenoxy) is 3. The molecule has 0 aromatic rings. The molecule has 6 nitrogen and oxygen atoms in total. The molecule has 0 rings (SSSR count). The molecule has 0 saturated heterocycles. The molecule has 0 aliphatic carbocycles. The third-order valence-corrected chi connectivity index (χ3v) is 13.8. The molecule has 0 saturated carbocycles. The van der Waals surface area contributed by atoms with Gasteiger partial charge in [0.05, 0.1) is 0 Å². The van der Waals surface area contributed by atoms with Gasteiger partial charge in [-0.1, -0.05) is 301 Å². The van der Waals surface area contributed by atoms with Crippen LogP contribution in [-0.2, 0) is 28.6 Å². The summed E-state index contributed by atoms with van der Waals surface area (Å²) in [6, 6.07) is 0. The third kappa shape index (κ3) is 58.1. The average Bonchev–Trinajstić information content (AvgIpc) is 3.37. The molecule has 0 aromatic carbocycles. The Hall–Kier alpha value is -2.63. The number of carbonyl (C=O) groups is 3. The molecule has 1 unspecified atom stereocenters. The lowest BCUT2D eigenvalue weighted by molar-refractivity contribution is -0.167. The van der Waals surface area contributed by atoms with Gasteiger partial charge in [-0.3, -0.25) is 14.4 Å². The van der Waals surface area contributed by atoms with Crippen LogP contribution in [0.4, 0.5) is 0 Å². The van der Waals surface area contributed by atoms with Crippen LogP contribution in [0.5, 0.6) is 0 Å². The highest BCUT2D eigenvalue weighted by atomic mass is 16.6. The normalized spacial score (nSPS) is 12.3. The van der Waals surface area contributed by atoms with E-state index in [1.165, 1.54) is 199 Å². The Morgan fingerprint density at radius 3 is 0.859 bits per heavy atom. The molecule has 0 bridgehead atoms. The second kappa shape index (κ2) is 59.9. The number of hydrogen-bond donors (Lipinski definition) is 0. The lowest BCUT2D eigenvalue weighted by Crippen LogP contribution is -2.30. The molecule has 0 fully saturated rings. The number of unbranched alkanes of at least 4 members (excludes halogenated alkanes) is 38. The van der Waals surface area contributed by atoms with Gasteiger partial charge in [0.25, 0.3) is 0 Å². The minimum atomic E-state index is -0.767. The predicted molar refractivity (Wildman–Crippen MR) is 307 cm³/mol. The summed E-state index contributed by atoms with van der Waals surface area (Å²) in [6.07, 6.45) is 74.5. The average molecular weight is 996 g/mol. The molecule has 0 amide bonds. The summed E-state index contributed by atoms with van der Waals surface area (Å²) in [5.74, 6) is -0.868. The highest BCUT2D eigenvalue weighted by Gasteiger charge is 2.19. The van der Waals surface area contributed by atoms with Gasteiger partial charge in [0.1, 0.15) is 13.2 Å². The first-order valence-corrected chi connectivity index (χ1v) is 31.1. The van der Waals surface area contributed by atoms with Gasteiger partial charge in [0.2, 0.25) is 0 Å². The van der Waals surface area contributed by atoms with Crippen LogP contribution in [0, 0.1) is 0 Å². The lowest BCUT2D eigenvalue weighted by Gasteiger charge is -2.18. The molecule has 0 aliphatic heterocycles. The fraction of sp³-hybridized carbons (Fsp3) is 0.831. The predicted octanol–water partition coefficient (Wildman–Crippen LogP) is 21.0. The monoisotopic (exact) mass is 995 g/mol. The number of allylic oxidation sites excluding steroid dienone is 8. The molecule has 6 heteroatoms. The number of esters is 3. The Kier molecular flexibility index (Phi) is 57.7. The van der Waals surface area contributed by atoms with E-state index in [1.807, 2.05) is 0 Å². The van der Waals surface area contributed by atoms with Crippen LogP contribution in [0.25, 0.3) is 0 Å². The maximum atomic E-state index is 12.8. The van der Waals surface area contributed by atoms with Gasteiger partial charge >= 0.3 is 17.9 Å². The minimum absolute atomic E-state index is 0.0704. The summed E-state index contributed by atoms with van der Waals surface area (Å²) >= 11 is 0. The molecular weight excluding hydrogens is 877 g/mol. The standard InChI is InChI=1S/C65H118O6/c1-4-7-10-13-15-17-19-21-23-25-27-29-31-32-34-35-37-39-41-43-45-47-49-52-55-58-64(67)70-61-62(60-69-63(66)57-54-51-12-9-6-3)71-65(68)59-56-53-50-48-46-44-42-40-38-36-33-30-28-26-24-22-20-18-16-14-11-8-5-2/h7,10,15,17,21,23,27,29,62H,4-6,8-9,11-14,16,18-20,22,24-26,28,30-61H2,1-3H3/b10-7-,17-15-,23-21-,29-27-. The second-order valence-corrected chi connectivity index (χ2v) is 21.0. The van der Waals surface area contributed by atoms with Crippen LogP contribution < -0.4 is 0 Å². The molecule has 1 atom stereocenters. The van der Waals surface area contributed by atoms with Gasteiger partial charge in [-0.2, -0.15) is 0 Å². The summed E-state index contributed by atoms with van der Waals surface area (Å²) in [7, 11) is 0. The molecule has 0 spiro atoms. The maximum Gasteiger partial charge on any atom is 0.306 e. The third-order valence-electron chi connectivity index (χ3n) is 13.8. The Labute approximate surface area is 441 Å². The number of carbonyl (C=O) groups excluding carboxylic acids is 3. The summed E-state index contributed by atoms with van der Waals surface area (Å²) in [5.41, 5.74) is 0. The van der Waals surface area contributed by atoms with Gasteiger partial charge in [-0.25, -0.2) is 0 Å². The van der Waals surface area contributed by atoms with Crippen LogP contribution in [0.2, 0.25) is 0 Å². The fourth-order valence-corrected chi connectivity index (χ4v) is 9.20. The quantitative estimate of drug-likeness (QED) is 0.0261. The Balaban J connectivity index is 4.01. The first kappa shape index (κ1) is 68.4. The van der Waals surface area contributed by atoms with Crippen molar-refractivity contribution in [2.75, 3.05) is 13.2 Å². The van der Waals surface area contributed by atoms with Crippen molar-refractivity contribution >= 4 is 17.9 Å². The Morgan fingerprint density at radius 2 is 0.549 bits per heavy atom.